The fourth-order valence-corrected chi connectivity index (χ4v) is 5.93. The molecule has 16 heavy (non-hydrogen) atoms. The lowest BCUT2D eigenvalue weighted by atomic mass is 10.0. The second-order valence-electron chi connectivity index (χ2n) is 5.07. The zero-order valence-corrected chi connectivity index (χ0v) is 10.8. The number of rotatable bonds is 3. The minimum absolute atomic E-state index is 0.295. The largest absolute Gasteiger partial charge is 0.313 e. The van der Waals surface area contributed by atoms with Crippen molar-refractivity contribution >= 4 is 13.1 Å². The molecule has 1 N–H and O–H groups in total. The van der Waals surface area contributed by atoms with Crippen molar-refractivity contribution in [2.75, 3.05) is 0 Å². The molecule has 3 heteroatoms. The predicted molar refractivity (Wildman–Crippen MR) is 69.8 cm³/mol. The number of hydrogen-bond donors (Lipinski definition) is 1. The van der Waals surface area contributed by atoms with E-state index in [0.29, 0.717) is 5.66 Å². The lowest BCUT2D eigenvalue weighted by Gasteiger charge is -2.30. The molecule has 0 radical (unpaired) electrons. The smallest absolute Gasteiger partial charge is 0.151 e. The van der Waals surface area contributed by atoms with Crippen molar-refractivity contribution in [2.45, 2.75) is 63.4 Å². The first-order valence-electron chi connectivity index (χ1n) is 6.58. The van der Waals surface area contributed by atoms with E-state index >= 15 is 0 Å². The van der Waals surface area contributed by atoms with Crippen LogP contribution in [0.25, 0.3) is 0 Å². The van der Waals surface area contributed by atoms with Crippen LogP contribution in [0, 0.1) is 5.41 Å². The molecule has 0 saturated heterocycles. The summed E-state index contributed by atoms with van der Waals surface area (Å²) in [5.74, 6) is 1.31. The monoisotopic (exact) mass is 239 g/mol. The van der Waals surface area contributed by atoms with Gasteiger partial charge in [-0.25, -0.2) is 0 Å². The van der Waals surface area contributed by atoms with Gasteiger partial charge in [-0.05, 0) is 43.8 Å². The highest BCUT2D eigenvalue weighted by Gasteiger charge is 2.35. The Kier molecular flexibility index (Phi) is 4.02. The van der Waals surface area contributed by atoms with Gasteiger partial charge in [-0.1, -0.05) is 25.3 Å². The highest BCUT2D eigenvalue weighted by atomic mass is 31.2. The van der Waals surface area contributed by atoms with Crippen molar-refractivity contribution < 1.29 is 4.57 Å². The standard InChI is InChI=1S/C13H22NOP/c14-11-16(15,12-7-3-1-4-8-12)13-9-5-2-6-10-13/h7,11,13-14H,1-6,8-10H2. The van der Waals surface area contributed by atoms with Gasteiger partial charge in [0.1, 0.15) is 0 Å². The van der Waals surface area contributed by atoms with Crippen molar-refractivity contribution in [3.05, 3.63) is 11.4 Å². The summed E-state index contributed by atoms with van der Waals surface area (Å²) in [4.78, 5) is 0. The second-order valence-corrected chi connectivity index (χ2v) is 8.05. The molecule has 2 rings (SSSR count). The highest BCUT2D eigenvalue weighted by molar-refractivity contribution is 7.82. The summed E-state index contributed by atoms with van der Waals surface area (Å²) >= 11 is 0. The fraction of sp³-hybridized carbons (Fsp3) is 0.769. The van der Waals surface area contributed by atoms with Crippen molar-refractivity contribution in [3.63, 3.8) is 0 Å². The van der Waals surface area contributed by atoms with Crippen LogP contribution >= 0.6 is 7.14 Å². The van der Waals surface area contributed by atoms with Gasteiger partial charge in [0.25, 0.3) is 0 Å². The van der Waals surface area contributed by atoms with Gasteiger partial charge in [0.05, 0.1) is 5.96 Å². The van der Waals surface area contributed by atoms with Crippen LogP contribution in [-0.2, 0) is 4.57 Å². The number of hydrogen-bond acceptors (Lipinski definition) is 2. The summed E-state index contributed by atoms with van der Waals surface area (Å²) in [5, 5.41) is 8.73. The lowest BCUT2D eigenvalue weighted by Crippen LogP contribution is -2.15. The SMILES string of the molecule is N=CP(=O)(C1=CCCCC1)C1CCCCC1. The van der Waals surface area contributed by atoms with Crippen molar-refractivity contribution in [3.8, 4) is 0 Å². The Morgan fingerprint density at radius 1 is 1.19 bits per heavy atom. The summed E-state index contributed by atoms with van der Waals surface area (Å²) in [7, 11) is -2.45. The Morgan fingerprint density at radius 2 is 1.94 bits per heavy atom. The Balaban J connectivity index is 2.19. The third-order valence-electron chi connectivity index (χ3n) is 4.02. The van der Waals surface area contributed by atoms with Crippen molar-refractivity contribution in [1.82, 2.24) is 0 Å². The third kappa shape index (κ3) is 2.32. The molecule has 0 aromatic rings. The summed E-state index contributed by atoms with van der Waals surface area (Å²) in [6.07, 6.45) is 12.4. The first-order valence-corrected chi connectivity index (χ1v) is 8.42. The molecule has 0 aromatic heterocycles. The highest BCUT2D eigenvalue weighted by Crippen LogP contribution is 2.61. The van der Waals surface area contributed by atoms with Crippen LogP contribution in [-0.4, -0.2) is 11.6 Å². The topological polar surface area (TPSA) is 40.9 Å². The molecule has 0 amide bonds. The van der Waals surface area contributed by atoms with E-state index in [2.05, 4.69) is 6.08 Å². The van der Waals surface area contributed by atoms with Crippen molar-refractivity contribution in [1.29, 1.82) is 5.41 Å². The molecule has 90 valence electrons. The molecule has 0 heterocycles. The minimum Gasteiger partial charge on any atom is -0.313 e. The van der Waals surface area contributed by atoms with Crippen LogP contribution in [0.15, 0.2) is 11.4 Å². The maximum Gasteiger partial charge on any atom is 0.151 e. The Morgan fingerprint density at radius 3 is 2.50 bits per heavy atom. The maximum atomic E-state index is 13.0. The van der Waals surface area contributed by atoms with Gasteiger partial charge < -0.3 is 9.97 Å². The van der Waals surface area contributed by atoms with Crippen molar-refractivity contribution in [2.24, 2.45) is 0 Å². The quantitative estimate of drug-likeness (QED) is 0.560. The fourth-order valence-electron chi connectivity index (χ4n) is 3.03. The van der Waals surface area contributed by atoms with Gasteiger partial charge in [-0.3, -0.25) is 0 Å². The number of nitrogens with one attached hydrogen (secondary N) is 1. The summed E-state index contributed by atoms with van der Waals surface area (Å²) in [6, 6.07) is 0. The van der Waals surface area contributed by atoms with Crippen LogP contribution in [0.3, 0.4) is 0 Å². The molecule has 1 atom stereocenters. The average Bonchev–Trinajstić information content (AvgIpc) is 2.40. The predicted octanol–water partition coefficient (Wildman–Crippen LogP) is 4.75. The first kappa shape index (κ1) is 12.1. The molecule has 0 bridgehead atoms. The lowest BCUT2D eigenvalue weighted by molar-refractivity contribution is 0.488. The van der Waals surface area contributed by atoms with Gasteiger partial charge in [0, 0.05) is 5.66 Å². The molecular weight excluding hydrogens is 217 g/mol. The van der Waals surface area contributed by atoms with Crippen LogP contribution in [0.2, 0.25) is 0 Å². The molecule has 1 saturated carbocycles. The van der Waals surface area contributed by atoms with E-state index in [0.717, 1.165) is 37.4 Å². The zero-order chi connectivity index (χ0) is 11.4. The molecule has 0 aromatic carbocycles. The normalized spacial score (nSPS) is 26.9. The number of allylic oxidation sites excluding steroid dienone is 2. The Labute approximate surface area is 98.4 Å². The van der Waals surface area contributed by atoms with Gasteiger partial charge >= 0.3 is 0 Å². The molecule has 0 spiro atoms. The van der Waals surface area contributed by atoms with Gasteiger partial charge in [0.2, 0.25) is 0 Å². The van der Waals surface area contributed by atoms with E-state index in [4.69, 9.17) is 5.41 Å². The molecular formula is C13H22NOP. The summed E-state index contributed by atoms with van der Waals surface area (Å²) in [5.41, 5.74) is 0.295. The zero-order valence-electron chi connectivity index (χ0n) is 9.95. The maximum absolute atomic E-state index is 13.0. The Hall–Kier alpha value is -0.360. The van der Waals surface area contributed by atoms with Crippen LogP contribution in [0.5, 0.6) is 0 Å². The van der Waals surface area contributed by atoms with Gasteiger partial charge in [-0.15, -0.1) is 0 Å². The van der Waals surface area contributed by atoms with Gasteiger partial charge in [-0.2, -0.15) is 0 Å². The summed E-state index contributed by atoms with van der Waals surface area (Å²) in [6.45, 7) is 0. The molecule has 2 aliphatic rings. The van der Waals surface area contributed by atoms with Crippen LogP contribution < -0.4 is 0 Å². The first-order chi connectivity index (χ1) is 7.77. The molecule has 1 fully saturated rings. The van der Waals surface area contributed by atoms with E-state index in [9.17, 15) is 4.57 Å². The molecule has 0 aliphatic heterocycles. The molecule has 1 unspecified atom stereocenters. The minimum atomic E-state index is -2.45. The third-order valence-corrected chi connectivity index (χ3v) is 7.31. The van der Waals surface area contributed by atoms with E-state index < -0.39 is 7.14 Å². The molecule has 2 nitrogen and oxygen atoms in total. The molecule has 2 aliphatic carbocycles. The Bertz CT molecular complexity index is 329. The van der Waals surface area contributed by atoms with E-state index in [1.54, 1.807) is 0 Å². The van der Waals surface area contributed by atoms with E-state index in [1.165, 1.54) is 31.6 Å². The van der Waals surface area contributed by atoms with E-state index in [-0.39, 0.29) is 0 Å². The second kappa shape index (κ2) is 5.31. The van der Waals surface area contributed by atoms with Crippen LogP contribution in [0.1, 0.15) is 57.8 Å². The average molecular weight is 239 g/mol. The van der Waals surface area contributed by atoms with E-state index in [1.807, 2.05) is 0 Å². The van der Waals surface area contributed by atoms with Gasteiger partial charge in [0.15, 0.2) is 7.14 Å². The van der Waals surface area contributed by atoms with Crippen LogP contribution in [0.4, 0.5) is 0 Å². The summed E-state index contributed by atoms with van der Waals surface area (Å²) < 4.78 is 13.0.